The number of hydrogen-bond donors (Lipinski definition) is 4. The summed E-state index contributed by atoms with van der Waals surface area (Å²) in [6.07, 6.45) is 0. The first-order valence-electron chi connectivity index (χ1n) is 4.60. The molecule has 88 valence electrons. The van der Waals surface area contributed by atoms with Gasteiger partial charge in [0.2, 0.25) is 0 Å². The quantitative estimate of drug-likeness (QED) is 0.566. The summed E-state index contributed by atoms with van der Waals surface area (Å²) in [7, 11) is 0. The third-order valence-electron chi connectivity index (χ3n) is 1.99. The van der Waals surface area contributed by atoms with Crippen molar-refractivity contribution in [2.24, 2.45) is 0 Å². The van der Waals surface area contributed by atoms with Crippen LogP contribution in [0.4, 0.5) is 4.39 Å². The van der Waals surface area contributed by atoms with Crippen LogP contribution in [0.5, 0.6) is 5.75 Å². The third kappa shape index (κ3) is 2.68. The average Bonchev–Trinajstić information content (AvgIpc) is 2.25. The number of nitrogens with one attached hydrogen (secondary N) is 1. The van der Waals surface area contributed by atoms with Gasteiger partial charge < -0.3 is 20.6 Å². The van der Waals surface area contributed by atoms with E-state index in [9.17, 15) is 14.3 Å². The molecule has 0 unspecified atom stereocenters. The first-order chi connectivity index (χ1) is 7.60. The molecule has 16 heavy (non-hydrogen) atoms. The Kier molecular flexibility index (Phi) is 4.21. The molecule has 1 rings (SSSR count). The zero-order valence-corrected chi connectivity index (χ0v) is 8.35. The Hall–Kier alpha value is -1.66. The van der Waals surface area contributed by atoms with Gasteiger partial charge in [-0.1, -0.05) is 6.07 Å². The molecule has 0 aliphatic rings. The highest BCUT2D eigenvalue weighted by Gasteiger charge is 2.19. The maximum absolute atomic E-state index is 13.2. The highest BCUT2D eigenvalue weighted by Crippen LogP contribution is 2.19. The molecule has 5 nitrogen and oxygen atoms in total. The lowest BCUT2D eigenvalue weighted by atomic mass is 10.1. The van der Waals surface area contributed by atoms with Crippen LogP contribution >= 0.6 is 0 Å². The first kappa shape index (κ1) is 12.4. The number of phenolic OH excluding ortho intramolecular Hbond substituents is 1. The lowest BCUT2D eigenvalue weighted by Gasteiger charge is -2.14. The lowest BCUT2D eigenvalue weighted by molar-refractivity contribution is 0.0872. The Morgan fingerprint density at radius 1 is 1.38 bits per heavy atom. The summed E-state index contributed by atoms with van der Waals surface area (Å²) in [5.74, 6) is -2.25. The van der Waals surface area contributed by atoms with Crippen molar-refractivity contribution in [1.29, 1.82) is 0 Å². The van der Waals surface area contributed by atoms with Gasteiger partial charge >= 0.3 is 0 Å². The zero-order chi connectivity index (χ0) is 12.1. The lowest BCUT2D eigenvalue weighted by Crippen LogP contribution is -2.40. The van der Waals surface area contributed by atoms with E-state index in [2.05, 4.69) is 5.32 Å². The normalized spacial score (nSPS) is 10.5. The van der Waals surface area contributed by atoms with Crippen LogP contribution in [0.25, 0.3) is 0 Å². The van der Waals surface area contributed by atoms with Gasteiger partial charge in [-0.05, 0) is 12.1 Å². The fourth-order valence-electron chi connectivity index (χ4n) is 1.14. The van der Waals surface area contributed by atoms with Crippen molar-refractivity contribution in [3.8, 4) is 5.75 Å². The molecule has 0 saturated heterocycles. The molecule has 0 spiro atoms. The van der Waals surface area contributed by atoms with Crippen LogP contribution in [-0.2, 0) is 0 Å². The Bertz CT molecular complexity index is 359. The highest BCUT2D eigenvalue weighted by atomic mass is 19.1. The van der Waals surface area contributed by atoms with Crippen molar-refractivity contribution in [3.05, 3.63) is 29.6 Å². The largest absolute Gasteiger partial charge is 0.507 e. The first-order valence-corrected chi connectivity index (χ1v) is 4.60. The number of halogens is 1. The van der Waals surface area contributed by atoms with E-state index in [0.29, 0.717) is 0 Å². The highest BCUT2D eigenvalue weighted by molar-refractivity contribution is 5.97. The number of amides is 1. The molecule has 0 radical (unpaired) electrons. The maximum atomic E-state index is 13.2. The van der Waals surface area contributed by atoms with Crippen molar-refractivity contribution >= 4 is 5.91 Å². The van der Waals surface area contributed by atoms with E-state index in [0.717, 1.165) is 6.07 Å². The zero-order valence-electron chi connectivity index (χ0n) is 8.35. The number of rotatable bonds is 4. The van der Waals surface area contributed by atoms with Crippen LogP contribution in [0.15, 0.2) is 18.2 Å². The van der Waals surface area contributed by atoms with E-state index in [-0.39, 0.29) is 0 Å². The van der Waals surface area contributed by atoms with Gasteiger partial charge in [-0.3, -0.25) is 4.79 Å². The molecule has 0 bridgehead atoms. The van der Waals surface area contributed by atoms with Gasteiger partial charge in [-0.15, -0.1) is 0 Å². The fraction of sp³-hybridized carbons (Fsp3) is 0.300. The van der Waals surface area contributed by atoms with Crippen LogP contribution < -0.4 is 5.32 Å². The van der Waals surface area contributed by atoms with Crippen molar-refractivity contribution in [2.45, 2.75) is 6.04 Å². The number of aliphatic hydroxyl groups excluding tert-OH is 2. The second-order valence-corrected chi connectivity index (χ2v) is 3.17. The van der Waals surface area contributed by atoms with Gasteiger partial charge in [-0.25, -0.2) is 4.39 Å². The number of aliphatic hydroxyl groups is 2. The van der Waals surface area contributed by atoms with E-state index >= 15 is 0 Å². The molecule has 6 heteroatoms. The fourth-order valence-corrected chi connectivity index (χ4v) is 1.14. The van der Waals surface area contributed by atoms with E-state index in [4.69, 9.17) is 10.2 Å². The van der Waals surface area contributed by atoms with E-state index in [1.165, 1.54) is 12.1 Å². The Morgan fingerprint density at radius 3 is 2.50 bits per heavy atom. The Balaban J connectivity index is 2.88. The van der Waals surface area contributed by atoms with E-state index < -0.39 is 42.3 Å². The van der Waals surface area contributed by atoms with Crippen LogP contribution in [0.3, 0.4) is 0 Å². The predicted molar refractivity (Wildman–Crippen MR) is 53.5 cm³/mol. The van der Waals surface area contributed by atoms with Gasteiger partial charge in [0.05, 0.1) is 19.3 Å². The number of phenols is 1. The number of benzene rings is 1. The monoisotopic (exact) mass is 229 g/mol. The summed E-state index contributed by atoms with van der Waals surface area (Å²) >= 11 is 0. The van der Waals surface area contributed by atoms with Crippen molar-refractivity contribution in [3.63, 3.8) is 0 Å². The van der Waals surface area contributed by atoms with Gasteiger partial charge in [0.15, 0.2) is 0 Å². The molecule has 0 aliphatic carbocycles. The summed E-state index contributed by atoms with van der Waals surface area (Å²) in [4.78, 5) is 11.5. The van der Waals surface area contributed by atoms with Gasteiger partial charge in [0.25, 0.3) is 5.91 Å². The molecule has 1 aromatic rings. The minimum Gasteiger partial charge on any atom is -0.507 e. The Labute approximate surface area is 91.2 Å². The molecular weight excluding hydrogens is 217 g/mol. The smallest absolute Gasteiger partial charge is 0.258 e. The predicted octanol–water partition coefficient (Wildman–Crippen LogP) is -0.386. The van der Waals surface area contributed by atoms with Crippen LogP contribution in [0.1, 0.15) is 10.4 Å². The van der Waals surface area contributed by atoms with Crippen LogP contribution in [0.2, 0.25) is 0 Å². The second-order valence-electron chi connectivity index (χ2n) is 3.17. The molecule has 4 N–H and O–H groups in total. The van der Waals surface area contributed by atoms with Gasteiger partial charge in [-0.2, -0.15) is 0 Å². The molecule has 0 atom stereocenters. The van der Waals surface area contributed by atoms with E-state index in [1.54, 1.807) is 0 Å². The number of carbonyl (C=O) groups excluding carboxylic acids is 1. The van der Waals surface area contributed by atoms with Crippen LogP contribution in [0, 0.1) is 5.82 Å². The topological polar surface area (TPSA) is 89.8 Å². The minimum absolute atomic E-state index is 0.475. The summed E-state index contributed by atoms with van der Waals surface area (Å²) in [6, 6.07) is 2.58. The molecule has 0 saturated carbocycles. The summed E-state index contributed by atoms with van der Waals surface area (Å²) < 4.78 is 13.2. The third-order valence-corrected chi connectivity index (χ3v) is 1.99. The van der Waals surface area contributed by atoms with Gasteiger partial charge in [0, 0.05) is 0 Å². The second kappa shape index (κ2) is 5.43. The van der Waals surface area contributed by atoms with Crippen molar-refractivity contribution < 1.29 is 24.5 Å². The molecular formula is C10H12FNO4. The van der Waals surface area contributed by atoms with E-state index in [1.807, 2.05) is 0 Å². The number of carbonyl (C=O) groups is 1. The standard InChI is InChI=1S/C10H12FNO4/c11-7-2-1-3-8(15)9(7)10(16)12-6(4-13)5-14/h1-3,6,13-15H,4-5H2,(H,12,16). The van der Waals surface area contributed by atoms with Crippen molar-refractivity contribution in [2.75, 3.05) is 13.2 Å². The van der Waals surface area contributed by atoms with Gasteiger partial charge in [0.1, 0.15) is 17.1 Å². The molecule has 0 aromatic heterocycles. The number of aromatic hydroxyl groups is 1. The Morgan fingerprint density at radius 2 is 2.00 bits per heavy atom. The van der Waals surface area contributed by atoms with Crippen molar-refractivity contribution in [1.82, 2.24) is 5.32 Å². The van der Waals surface area contributed by atoms with Crippen LogP contribution in [-0.4, -0.2) is 40.5 Å². The SMILES string of the molecule is O=C(NC(CO)CO)c1c(O)cccc1F. The minimum atomic E-state index is -0.885. The number of hydrogen-bond acceptors (Lipinski definition) is 4. The molecule has 0 fully saturated rings. The summed E-state index contributed by atoms with van der Waals surface area (Å²) in [6.45, 7) is -0.949. The molecule has 0 aliphatic heterocycles. The molecule has 1 amide bonds. The summed E-state index contributed by atoms with van der Waals surface area (Å²) in [5, 5.41) is 28.9. The molecule has 0 heterocycles. The average molecular weight is 229 g/mol. The molecule has 1 aromatic carbocycles. The maximum Gasteiger partial charge on any atom is 0.258 e. The summed E-state index contributed by atoms with van der Waals surface area (Å²) in [5.41, 5.74) is -0.505.